The zero-order valence-electron chi connectivity index (χ0n) is 22.9. The number of anilines is 2. The first-order valence-corrected chi connectivity index (χ1v) is 15.6. The number of rotatable bonds is 10. The Kier molecular flexibility index (Phi) is 7.92. The number of nitrogens with one attached hydrogen (secondary N) is 2. The Morgan fingerprint density at radius 1 is 1.08 bits per heavy atom. The maximum Gasteiger partial charge on any atom is 0.232 e. The highest BCUT2D eigenvalue weighted by molar-refractivity contribution is 7.92. The molecule has 3 aliphatic rings. The number of hydrogen-bond acceptors (Lipinski definition) is 5. The zero-order valence-corrected chi connectivity index (χ0v) is 23.8. The van der Waals surface area contributed by atoms with Crippen LogP contribution in [0.5, 0.6) is 0 Å². The van der Waals surface area contributed by atoms with E-state index in [0.29, 0.717) is 30.8 Å². The summed E-state index contributed by atoms with van der Waals surface area (Å²) >= 11 is 0. The van der Waals surface area contributed by atoms with Crippen molar-refractivity contribution in [2.45, 2.75) is 76.5 Å². The van der Waals surface area contributed by atoms with Gasteiger partial charge < -0.3 is 5.32 Å². The largest absolute Gasteiger partial charge is 0.380 e. The van der Waals surface area contributed by atoms with Crippen molar-refractivity contribution in [3.8, 4) is 0 Å². The van der Waals surface area contributed by atoms with Crippen molar-refractivity contribution in [2.75, 3.05) is 42.1 Å². The predicted molar refractivity (Wildman–Crippen MR) is 149 cm³/mol. The van der Waals surface area contributed by atoms with E-state index in [1.54, 1.807) is 13.0 Å². The van der Waals surface area contributed by atoms with E-state index >= 15 is 8.78 Å². The number of benzene rings is 2. The molecule has 1 saturated heterocycles. The van der Waals surface area contributed by atoms with Crippen molar-refractivity contribution >= 4 is 21.4 Å². The molecular formula is C29H39F3N4O2S. The molecule has 2 aliphatic heterocycles. The Bertz CT molecular complexity index is 1290. The molecule has 214 valence electrons. The Morgan fingerprint density at radius 2 is 1.77 bits per heavy atom. The fourth-order valence-corrected chi connectivity index (χ4v) is 7.19. The standard InChI is InChI=1S/C29H39F3N4O2S/c1-4-39(37,38)34-21-7-8-24-20(14-21)13-19(2)36(29(3)9-5-10-29)28(24)27-25(31)15-22(16-26(27)32)33-23-17-35(18-23)12-6-11-30/h7-8,14-16,19,23,28,33-34H,4-6,9-13,17-18H2,1-3H3. The monoisotopic (exact) mass is 564 g/mol. The Morgan fingerprint density at radius 3 is 2.36 bits per heavy atom. The zero-order chi connectivity index (χ0) is 27.9. The van der Waals surface area contributed by atoms with Crippen molar-refractivity contribution in [2.24, 2.45) is 0 Å². The van der Waals surface area contributed by atoms with Gasteiger partial charge in [-0.25, -0.2) is 17.2 Å². The average molecular weight is 565 g/mol. The lowest BCUT2D eigenvalue weighted by atomic mass is 9.72. The molecule has 0 spiro atoms. The van der Waals surface area contributed by atoms with Crippen molar-refractivity contribution < 1.29 is 21.6 Å². The van der Waals surface area contributed by atoms with E-state index in [2.05, 4.69) is 33.7 Å². The van der Waals surface area contributed by atoms with Crippen LogP contribution in [0.3, 0.4) is 0 Å². The van der Waals surface area contributed by atoms with Crippen LogP contribution in [0, 0.1) is 11.6 Å². The summed E-state index contributed by atoms with van der Waals surface area (Å²) in [5.41, 5.74) is 2.43. The van der Waals surface area contributed by atoms with E-state index in [1.807, 2.05) is 12.1 Å². The molecule has 2 atom stereocenters. The summed E-state index contributed by atoms with van der Waals surface area (Å²) in [6, 6.07) is 7.53. The summed E-state index contributed by atoms with van der Waals surface area (Å²) in [7, 11) is -3.45. The first kappa shape index (κ1) is 28.2. The van der Waals surface area contributed by atoms with Gasteiger partial charge in [-0.3, -0.25) is 18.9 Å². The van der Waals surface area contributed by atoms with Gasteiger partial charge in [0.2, 0.25) is 10.0 Å². The van der Waals surface area contributed by atoms with Gasteiger partial charge in [0.05, 0.1) is 24.5 Å². The maximum absolute atomic E-state index is 15.9. The topological polar surface area (TPSA) is 64.7 Å². The van der Waals surface area contributed by atoms with Crippen molar-refractivity contribution in [1.29, 1.82) is 0 Å². The fraction of sp³-hybridized carbons (Fsp3) is 0.586. The smallest absolute Gasteiger partial charge is 0.232 e. The Labute approximate surface area is 230 Å². The molecule has 2 fully saturated rings. The summed E-state index contributed by atoms with van der Waals surface area (Å²) in [5.74, 6) is -1.23. The number of fused-ring (bicyclic) bond motifs is 1. The third-order valence-electron chi connectivity index (χ3n) is 8.70. The van der Waals surface area contributed by atoms with Crippen LogP contribution in [0.4, 0.5) is 24.5 Å². The number of sulfonamides is 1. The lowest BCUT2D eigenvalue weighted by Crippen LogP contribution is -2.59. The third kappa shape index (κ3) is 5.65. The molecule has 0 aromatic heterocycles. The minimum Gasteiger partial charge on any atom is -0.380 e. The van der Waals surface area contributed by atoms with E-state index in [1.165, 1.54) is 12.1 Å². The first-order valence-electron chi connectivity index (χ1n) is 14.0. The van der Waals surface area contributed by atoms with Crippen molar-refractivity contribution in [1.82, 2.24) is 9.80 Å². The molecular weight excluding hydrogens is 525 g/mol. The van der Waals surface area contributed by atoms with Gasteiger partial charge in [-0.05, 0) is 88.3 Å². The lowest BCUT2D eigenvalue weighted by molar-refractivity contribution is -0.0308. The Balaban J connectivity index is 1.48. The van der Waals surface area contributed by atoms with E-state index in [0.717, 1.165) is 43.5 Å². The molecule has 2 heterocycles. The summed E-state index contributed by atoms with van der Waals surface area (Å²) in [4.78, 5) is 4.39. The highest BCUT2D eigenvalue weighted by Crippen LogP contribution is 2.50. The molecule has 0 bridgehead atoms. The molecule has 2 aromatic carbocycles. The number of alkyl halides is 1. The highest BCUT2D eigenvalue weighted by atomic mass is 32.2. The molecule has 10 heteroatoms. The van der Waals surface area contributed by atoms with Crippen LogP contribution in [-0.4, -0.2) is 67.9 Å². The van der Waals surface area contributed by atoms with Crippen molar-refractivity contribution in [3.63, 3.8) is 0 Å². The number of halogens is 3. The summed E-state index contributed by atoms with van der Waals surface area (Å²) in [6.45, 7) is 7.61. The molecule has 2 N–H and O–H groups in total. The van der Waals surface area contributed by atoms with Crippen LogP contribution in [0.1, 0.15) is 69.2 Å². The van der Waals surface area contributed by atoms with E-state index in [9.17, 15) is 12.8 Å². The van der Waals surface area contributed by atoms with Gasteiger partial charge in [-0.15, -0.1) is 0 Å². The van der Waals surface area contributed by atoms with Crippen LogP contribution < -0.4 is 10.0 Å². The quantitative estimate of drug-likeness (QED) is 0.401. The van der Waals surface area contributed by atoms with Crippen LogP contribution >= 0.6 is 0 Å². The van der Waals surface area contributed by atoms with Gasteiger partial charge in [0.25, 0.3) is 0 Å². The second-order valence-electron chi connectivity index (χ2n) is 11.6. The molecule has 2 aromatic rings. The normalized spacial score (nSPS) is 23.5. The van der Waals surface area contributed by atoms with Crippen molar-refractivity contribution in [3.05, 3.63) is 58.7 Å². The minimum absolute atomic E-state index is 0.00714. The van der Waals surface area contributed by atoms with Crippen LogP contribution in [-0.2, 0) is 16.4 Å². The fourth-order valence-electron chi connectivity index (χ4n) is 6.56. The molecule has 2 unspecified atom stereocenters. The van der Waals surface area contributed by atoms with E-state index in [-0.39, 0.29) is 35.6 Å². The van der Waals surface area contributed by atoms with Gasteiger partial charge in [0, 0.05) is 48.2 Å². The third-order valence-corrected chi connectivity index (χ3v) is 10.0. The average Bonchev–Trinajstić information content (AvgIpc) is 2.83. The van der Waals surface area contributed by atoms with E-state index in [4.69, 9.17) is 0 Å². The van der Waals surface area contributed by atoms with Gasteiger partial charge in [0.15, 0.2) is 0 Å². The molecule has 0 amide bonds. The predicted octanol–water partition coefficient (Wildman–Crippen LogP) is 5.46. The van der Waals surface area contributed by atoms with Gasteiger partial charge in [-0.1, -0.05) is 6.07 Å². The Hall–Kier alpha value is -2.30. The number of nitrogens with zero attached hydrogens (tertiary/aromatic N) is 2. The second kappa shape index (κ2) is 10.9. The second-order valence-corrected chi connectivity index (χ2v) is 13.6. The molecule has 1 aliphatic carbocycles. The summed E-state index contributed by atoms with van der Waals surface area (Å²) < 4.78 is 71.2. The summed E-state index contributed by atoms with van der Waals surface area (Å²) in [5, 5.41) is 3.23. The maximum atomic E-state index is 15.9. The molecule has 5 rings (SSSR count). The number of hydrogen-bond donors (Lipinski definition) is 2. The van der Waals surface area contributed by atoms with Crippen LogP contribution in [0.15, 0.2) is 30.3 Å². The minimum atomic E-state index is -3.45. The lowest BCUT2D eigenvalue weighted by Gasteiger charge is -2.56. The summed E-state index contributed by atoms with van der Waals surface area (Å²) in [6.07, 6.45) is 4.15. The molecule has 1 saturated carbocycles. The first-order chi connectivity index (χ1) is 18.5. The van der Waals surface area contributed by atoms with Crippen LogP contribution in [0.2, 0.25) is 0 Å². The highest BCUT2D eigenvalue weighted by Gasteiger charge is 2.48. The van der Waals surface area contributed by atoms with Gasteiger partial charge in [0.1, 0.15) is 11.6 Å². The van der Waals surface area contributed by atoms with Gasteiger partial charge >= 0.3 is 0 Å². The number of likely N-dealkylation sites (tertiary alicyclic amines) is 1. The van der Waals surface area contributed by atoms with Gasteiger partial charge in [-0.2, -0.15) is 0 Å². The molecule has 0 radical (unpaired) electrons. The molecule has 6 nitrogen and oxygen atoms in total. The molecule has 39 heavy (non-hydrogen) atoms. The van der Waals surface area contributed by atoms with Crippen LogP contribution in [0.25, 0.3) is 0 Å². The SMILES string of the molecule is CCS(=O)(=O)Nc1ccc2c(c1)CC(C)N(C1(C)CCC1)C2c1c(F)cc(NC2CN(CCCF)C2)cc1F. The van der Waals surface area contributed by atoms with E-state index < -0.39 is 27.7 Å².